The van der Waals surface area contributed by atoms with Crippen LogP contribution in [0.2, 0.25) is 0 Å². The fourth-order valence-electron chi connectivity index (χ4n) is 4.00. The first-order chi connectivity index (χ1) is 15.5. The molecule has 170 valence electrons. The van der Waals surface area contributed by atoms with Gasteiger partial charge in [-0.2, -0.15) is 13.8 Å². The van der Waals surface area contributed by atoms with Gasteiger partial charge in [0, 0.05) is 24.6 Å². The molecule has 0 saturated heterocycles. The van der Waals surface area contributed by atoms with Crippen LogP contribution in [0.3, 0.4) is 0 Å². The summed E-state index contributed by atoms with van der Waals surface area (Å²) in [4.78, 5) is 12.9. The standard InChI is InChI=1S/C26H28F2N5/c1-25(2,3)21-15-16-33(32(21)6)23-12-8-11-20(30-23)26(4,5)19-10-7-9-18(29-19)17-13-14-22(27)31-24(17)28/h7-16H,1-6H3/q+1. The molecule has 4 heterocycles. The monoisotopic (exact) mass is 448 g/mol. The van der Waals surface area contributed by atoms with Crippen LogP contribution in [0.15, 0.2) is 60.8 Å². The van der Waals surface area contributed by atoms with Gasteiger partial charge in [0.1, 0.15) is 6.20 Å². The van der Waals surface area contributed by atoms with Crippen LogP contribution >= 0.6 is 0 Å². The second-order valence-electron chi connectivity index (χ2n) is 9.71. The van der Waals surface area contributed by atoms with E-state index in [1.807, 2.05) is 62.1 Å². The number of rotatable bonds is 4. The normalized spacial score (nSPS) is 12.2. The summed E-state index contributed by atoms with van der Waals surface area (Å²) in [6, 6.07) is 15.9. The number of halogens is 2. The van der Waals surface area contributed by atoms with E-state index in [2.05, 4.69) is 41.5 Å². The van der Waals surface area contributed by atoms with Gasteiger partial charge in [-0.25, -0.2) is 4.68 Å². The molecule has 0 aliphatic heterocycles. The lowest BCUT2D eigenvalue weighted by molar-refractivity contribution is -0.686. The van der Waals surface area contributed by atoms with Crippen molar-refractivity contribution < 1.29 is 13.5 Å². The van der Waals surface area contributed by atoms with Crippen LogP contribution in [0, 0.1) is 11.9 Å². The molecule has 5 nitrogen and oxygen atoms in total. The topological polar surface area (TPSA) is 47.5 Å². The van der Waals surface area contributed by atoms with Crippen LogP contribution in [0.5, 0.6) is 0 Å². The first kappa shape index (κ1) is 22.7. The SMILES string of the molecule is Cn1c(C(C)(C)C)cc[n+]1-c1cccc(C(C)(C)c2cccc(-c3ccc(F)nc3F)n2)n1. The van der Waals surface area contributed by atoms with Gasteiger partial charge in [0.15, 0.2) is 5.69 Å². The van der Waals surface area contributed by atoms with Crippen molar-refractivity contribution in [3.8, 4) is 17.1 Å². The Kier molecular flexibility index (Phi) is 5.60. The van der Waals surface area contributed by atoms with Gasteiger partial charge in [0.2, 0.25) is 11.9 Å². The van der Waals surface area contributed by atoms with E-state index in [1.54, 1.807) is 6.07 Å². The van der Waals surface area contributed by atoms with Crippen molar-refractivity contribution in [3.63, 3.8) is 0 Å². The van der Waals surface area contributed by atoms with E-state index >= 15 is 0 Å². The molecule has 0 aliphatic carbocycles. The molecule has 0 aliphatic rings. The van der Waals surface area contributed by atoms with Gasteiger partial charge >= 0.3 is 5.82 Å². The van der Waals surface area contributed by atoms with E-state index in [4.69, 9.17) is 4.98 Å². The molecule has 0 radical (unpaired) electrons. The number of nitrogens with zero attached hydrogens (tertiary/aromatic N) is 5. The molecule has 4 aromatic rings. The zero-order chi connectivity index (χ0) is 24.0. The van der Waals surface area contributed by atoms with E-state index < -0.39 is 17.3 Å². The van der Waals surface area contributed by atoms with Crippen molar-refractivity contribution >= 4 is 0 Å². The minimum atomic E-state index is -0.882. The van der Waals surface area contributed by atoms with E-state index in [0.29, 0.717) is 5.69 Å². The zero-order valence-electron chi connectivity index (χ0n) is 19.8. The highest BCUT2D eigenvalue weighted by Gasteiger charge is 2.32. The third-order valence-corrected chi connectivity index (χ3v) is 5.90. The van der Waals surface area contributed by atoms with E-state index in [1.165, 1.54) is 11.8 Å². The highest BCUT2D eigenvalue weighted by molar-refractivity contribution is 5.59. The van der Waals surface area contributed by atoms with E-state index in [0.717, 1.165) is 23.3 Å². The highest BCUT2D eigenvalue weighted by Crippen LogP contribution is 2.31. The molecular formula is C26H28F2N5+. The molecule has 0 N–H and O–H groups in total. The first-order valence-electron chi connectivity index (χ1n) is 10.8. The molecule has 0 unspecified atom stereocenters. The summed E-state index contributed by atoms with van der Waals surface area (Å²) >= 11 is 0. The van der Waals surface area contributed by atoms with Crippen molar-refractivity contribution in [1.29, 1.82) is 0 Å². The highest BCUT2D eigenvalue weighted by atomic mass is 19.1. The lowest BCUT2D eigenvalue weighted by Crippen LogP contribution is -2.42. The van der Waals surface area contributed by atoms with Crippen LogP contribution in [0.1, 0.15) is 51.7 Å². The van der Waals surface area contributed by atoms with E-state index in [9.17, 15) is 8.78 Å². The average molecular weight is 449 g/mol. The molecule has 0 aromatic carbocycles. The van der Waals surface area contributed by atoms with Crippen LogP contribution in [-0.2, 0) is 17.9 Å². The van der Waals surface area contributed by atoms with Crippen molar-refractivity contribution in [2.24, 2.45) is 7.05 Å². The lowest BCUT2D eigenvalue weighted by atomic mass is 9.84. The van der Waals surface area contributed by atoms with Gasteiger partial charge in [-0.05, 0) is 55.2 Å². The maximum absolute atomic E-state index is 14.2. The smallest absolute Gasteiger partial charge is 0.252 e. The third-order valence-electron chi connectivity index (χ3n) is 5.90. The zero-order valence-corrected chi connectivity index (χ0v) is 19.8. The molecule has 0 saturated carbocycles. The Labute approximate surface area is 192 Å². The van der Waals surface area contributed by atoms with Crippen LogP contribution in [-0.4, -0.2) is 19.6 Å². The molecule has 0 bridgehead atoms. The number of pyridine rings is 3. The quantitative estimate of drug-likeness (QED) is 0.324. The minimum Gasteiger partial charge on any atom is -0.252 e. The fraction of sp³-hybridized carbons (Fsp3) is 0.308. The van der Waals surface area contributed by atoms with Crippen molar-refractivity contribution in [2.45, 2.75) is 45.4 Å². The Morgan fingerprint density at radius 1 is 0.788 bits per heavy atom. The molecule has 0 atom stereocenters. The molecule has 33 heavy (non-hydrogen) atoms. The minimum absolute atomic E-state index is 0.00568. The molecule has 4 aromatic heterocycles. The lowest BCUT2D eigenvalue weighted by Gasteiger charge is -2.21. The second kappa shape index (κ2) is 8.14. The Hall–Kier alpha value is -3.48. The predicted octanol–water partition coefficient (Wildman–Crippen LogP) is 5.06. The van der Waals surface area contributed by atoms with Gasteiger partial charge in [0.25, 0.3) is 0 Å². The van der Waals surface area contributed by atoms with Crippen LogP contribution in [0.4, 0.5) is 8.78 Å². The summed E-state index contributed by atoms with van der Waals surface area (Å²) in [5.74, 6) is -0.947. The van der Waals surface area contributed by atoms with E-state index in [-0.39, 0.29) is 11.0 Å². The van der Waals surface area contributed by atoms with Crippen LogP contribution < -0.4 is 4.68 Å². The Bertz CT molecular complexity index is 1320. The van der Waals surface area contributed by atoms with Gasteiger partial charge < -0.3 is 0 Å². The summed E-state index contributed by atoms with van der Waals surface area (Å²) in [7, 11) is 2.02. The van der Waals surface area contributed by atoms with Crippen molar-refractivity contribution in [2.75, 3.05) is 0 Å². The second-order valence-corrected chi connectivity index (χ2v) is 9.71. The summed E-state index contributed by atoms with van der Waals surface area (Å²) < 4.78 is 31.6. The third kappa shape index (κ3) is 4.27. The summed E-state index contributed by atoms with van der Waals surface area (Å²) in [5, 5.41) is 0. The largest absolute Gasteiger partial charge is 0.346 e. The Morgan fingerprint density at radius 2 is 1.45 bits per heavy atom. The summed E-state index contributed by atoms with van der Waals surface area (Å²) in [6.45, 7) is 10.6. The Balaban J connectivity index is 1.74. The first-order valence-corrected chi connectivity index (χ1v) is 10.8. The van der Waals surface area contributed by atoms with Gasteiger partial charge in [-0.1, -0.05) is 26.8 Å². The summed E-state index contributed by atoms with van der Waals surface area (Å²) in [5.41, 5.74) is 2.74. The Morgan fingerprint density at radius 3 is 2.09 bits per heavy atom. The number of hydrogen-bond donors (Lipinski definition) is 0. The molecule has 4 rings (SSSR count). The summed E-state index contributed by atoms with van der Waals surface area (Å²) in [6.07, 6.45) is 2.02. The molecule has 7 heteroatoms. The van der Waals surface area contributed by atoms with Crippen LogP contribution in [0.25, 0.3) is 17.1 Å². The molecular weight excluding hydrogens is 420 g/mol. The maximum atomic E-state index is 14.2. The van der Waals surface area contributed by atoms with Gasteiger partial charge in [-0.15, -0.1) is 4.68 Å². The maximum Gasteiger partial charge on any atom is 0.346 e. The fourth-order valence-corrected chi connectivity index (χ4v) is 4.00. The van der Waals surface area contributed by atoms with Gasteiger partial charge in [0.05, 0.1) is 28.1 Å². The molecule has 0 fully saturated rings. The van der Waals surface area contributed by atoms with Crippen molar-refractivity contribution in [3.05, 3.63) is 89.8 Å². The predicted molar refractivity (Wildman–Crippen MR) is 123 cm³/mol. The van der Waals surface area contributed by atoms with Gasteiger partial charge in [-0.3, -0.25) is 4.98 Å². The molecule has 0 amide bonds. The number of hydrogen-bond acceptors (Lipinski definition) is 3. The molecule has 0 spiro atoms. The van der Waals surface area contributed by atoms with Crippen molar-refractivity contribution in [1.82, 2.24) is 19.6 Å². The number of aromatic nitrogens is 5. The average Bonchev–Trinajstić information content (AvgIpc) is 3.16.